The highest BCUT2D eigenvalue weighted by Gasteiger charge is 2.35. The fraction of sp³-hybridized carbons (Fsp3) is 0.588. The van der Waals surface area contributed by atoms with E-state index in [1.807, 2.05) is 63.2 Å². The van der Waals surface area contributed by atoms with Gasteiger partial charge in [0.1, 0.15) is 5.78 Å². The lowest BCUT2D eigenvalue weighted by molar-refractivity contribution is -0.127. The Morgan fingerprint density at radius 2 is 1.36 bits per heavy atom. The molecule has 0 saturated carbocycles. The van der Waals surface area contributed by atoms with E-state index < -0.39 is 5.41 Å². The average molecular weight is 581 g/mol. The van der Waals surface area contributed by atoms with Crippen LogP contribution in [0.1, 0.15) is 131 Å². The van der Waals surface area contributed by atoms with E-state index in [1.165, 1.54) is 39.5 Å². The van der Waals surface area contributed by atoms with Crippen LogP contribution < -0.4 is 5.32 Å². The molecule has 2 atom stereocenters. The SMILES string of the molecule is CC.CC(C)=O.CCCC(C)(C(=O)NC(CC)c1ccccc1)c1ccc(Cl)c(Cl)c1.CCCC(C)CCC. The first-order chi connectivity index (χ1) is 18.5. The molecule has 0 bridgehead atoms. The standard InChI is InChI=1S/C21H25Cl2NO.C8H18.C3H6O.C2H6/c1-4-13-21(3,16-11-12-17(22)18(23)14-16)20(25)24-19(5-2)15-9-7-6-8-10-15;1-4-6-8(3)7-5-2;1-3(2)4;1-2/h6-12,14,19H,4-5,13H2,1-3H3,(H,24,25);8H,4-7H2,1-3H3;1-2H3;1-2H3. The average Bonchev–Trinajstić information content (AvgIpc) is 2.90. The van der Waals surface area contributed by atoms with Gasteiger partial charge in [0.25, 0.3) is 0 Å². The summed E-state index contributed by atoms with van der Waals surface area (Å²) in [5.41, 5.74) is 1.36. The Kier molecular flexibility index (Phi) is 23.1. The van der Waals surface area contributed by atoms with Gasteiger partial charge in [0.05, 0.1) is 21.5 Å². The second-order valence-electron chi connectivity index (χ2n) is 10.1. The second kappa shape index (κ2) is 22.9. The summed E-state index contributed by atoms with van der Waals surface area (Å²) >= 11 is 12.2. The first kappa shape index (κ1) is 39.3. The summed E-state index contributed by atoms with van der Waals surface area (Å²) in [4.78, 5) is 22.7. The van der Waals surface area contributed by atoms with Crippen LogP contribution in [-0.4, -0.2) is 11.7 Å². The minimum Gasteiger partial charge on any atom is -0.349 e. The number of amides is 1. The number of hydrogen-bond donors (Lipinski definition) is 1. The first-order valence-electron chi connectivity index (χ1n) is 14.7. The van der Waals surface area contributed by atoms with E-state index in [9.17, 15) is 9.59 Å². The summed E-state index contributed by atoms with van der Waals surface area (Å²) in [5, 5.41) is 4.20. The van der Waals surface area contributed by atoms with Crippen molar-refractivity contribution in [2.45, 2.75) is 126 Å². The summed E-state index contributed by atoms with van der Waals surface area (Å²) < 4.78 is 0. The van der Waals surface area contributed by atoms with E-state index in [2.05, 4.69) is 39.9 Å². The molecule has 2 rings (SSSR count). The maximum absolute atomic E-state index is 13.2. The molecule has 39 heavy (non-hydrogen) atoms. The lowest BCUT2D eigenvalue weighted by Gasteiger charge is -2.31. The van der Waals surface area contributed by atoms with Crippen molar-refractivity contribution >= 4 is 34.9 Å². The van der Waals surface area contributed by atoms with E-state index in [4.69, 9.17) is 23.2 Å². The number of benzene rings is 2. The van der Waals surface area contributed by atoms with Crippen LogP contribution in [0.15, 0.2) is 48.5 Å². The monoisotopic (exact) mass is 579 g/mol. The molecule has 0 aliphatic carbocycles. The number of carbonyl (C=O) groups is 2. The van der Waals surface area contributed by atoms with Crippen LogP contribution in [0.25, 0.3) is 0 Å². The molecule has 222 valence electrons. The molecular weight excluding hydrogens is 525 g/mol. The largest absolute Gasteiger partial charge is 0.349 e. The summed E-state index contributed by atoms with van der Waals surface area (Å²) in [6.07, 6.45) is 7.98. The minimum absolute atomic E-state index is 0.00680. The number of halogens is 2. The van der Waals surface area contributed by atoms with Crippen LogP contribution in [0.4, 0.5) is 0 Å². The van der Waals surface area contributed by atoms with Gasteiger partial charge in [-0.05, 0) is 62.8 Å². The Balaban J connectivity index is 0. The van der Waals surface area contributed by atoms with E-state index in [1.54, 1.807) is 6.07 Å². The minimum atomic E-state index is -0.648. The smallest absolute Gasteiger partial charge is 0.230 e. The van der Waals surface area contributed by atoms with Crippen molar-refractivity contribution in [1.82, 2.24) is 5.32 Å². The summed E-state index contributed by atoms with van der Waals surface area (Å²) in [7, 11) is 0. The summed E-state index contributed by atoms with van der Waals surface area (Å²) in [5.74, 6) is 1.15. The van der Waals surface area contributed by atoms with Crippen LogP contribution in [0.3, 0.4) is 0 Å². The molecule has 2 unspecified atom stereocenters. The zero-order chi connectivity index (χ0) is 30.4. The van der Waals surface area contributed by atoms with Gasteiger partial charge in [-0.2, -0.15) is 0 Å². The molecule has 2 aromatic rings. The maximum atomic E-state index is 13.2. The number of hydrogen-bond acceptors (Lipinski definition) is 2. The molecule has 2 aromatic carbocycles. The Labute approximate surface area is 250 Å². The maximum Gasteiger partial charge on any atom is 0.230 e. The van der Waals surface area contributed by atoms with Crippen LogP contribution in [0, 0.1) is 5.92 Å². The van der Waals surface area contributed by atoms with Gasteiger partial charge >= 0.3 is 0 Å². The number of rotatable bonds is 11. The Morgan fingerprint density at radius 1 is 0.846 bits per heavy atom. The number of Topliss-reactive ketones (excluding diaryl/α,β-unsaturated/α-hetero) is 1. The van der Waals surface area contributed by atoms with Crippen LogP contribution in [0.2, 0.25) is 10.0 Å². The molecule has 1 amide bonds. The third-order valence-corrected chi connectivity index (χ3v) is 7.03. The zero-order valence-corrected chi connectivity index (χ0v) is 27.8. The Bertz CT molecular complexity index is 907. The highest BCUT2D eigenvalue weighted by atomic mass is 35.5. The lowest BCUT2D eigenvalue weighted by atomic mass is 9.77. The molecule has 0 saturated heterocycles. The van der Waals surface area contributed by atoms with Gasteiger partial charge in [0, 0.05) is 0 Å². The third kappa shape index (κ3) is 16.1. The number of carbonyl (C=O) groups excluding carboxylic acids is 2. The predicted octanol–water partition coefficient (Wildman–Crippen LogP) is 11.2. The zero-order valence-electron chi connectivity index (χ0n) is 26.3. The van der Waals surface area contributed by atoms with Gasteiger partial charge in [-0.3, -0.25) is 4.79 Å². The van der Waals surface area contributed by atoms with E-state index in [-0.39, 0.29) is 17.7 Å². The molecule has 5 heteroatoms. The van der Waals surface area contributed by atoms with Gasteiger partial charge in [-0.25, -0.2) is 0 Å². The molecule has 0 aliphatic heterocycles. The number of nitrogens with one attached hydrogen (secondary N) is 1. The van der Waals surface area contributed by atoms with Gasteiger partial charge in [-0.15, -0.1) is 0 Å². The van der Waals surface area contributed by atoms with Crippen molar-refractivity contribution in [2.75, 3.05) is 0 Å². The fourth-order valence-corrected chi connectivity index (χ4v) is 4.58. The molecule has 0 spiro atoms. The fourth-order valence-electron chi connectivity index (χ4n) is 4.28. The summed E-state index contributed by atoms with van der Waals surface area (Å²) in [6, 6.07) is 15.5. The molecule has 0 heterocycles. The van der Waals surface area contributed by atoms with Crippen molar-refractivity contribution in [3.8, 4) is 0 Å². The van der Waals surface area contributed by atoms with E-state index in [0.717, 1.165) is 36.3 Å². The highest BCUT2D eigenvalue weighted by Crippen LogP contribution is 2.34. The normalized spacial score (nSPS) is 12.3. The lowest BCUT2D eigenvalue weighted by Crippen LogP contribution is -2.43. The molecular formula is C34H55Cl2NO2. The van der Waals surface area contributed by atoms with Crippen molar-refractivity contribution in [2.24, 2.45) is 5.92 Å². The van der Waals surface area contributed by atoms with Crippen LogP contribution >= 0.6 is 23.2 Å². The van der Waals surface area contributed by atoms with E-state index in [0.29, 0.717) is 10.0 Å². The third-order valence-electron chi connectivity index (χ3n) is 6.29. The second-order valence-corrected chi connectivity index (χ2v) is 11.0. The van der Waals surface area contributed by atoms with Crippen LogP contribution in [-0.2, 0) is 15.0 Å². The van der Waals surface area contributed by atoms with Crippen molar-refractivity contribution < 1.29 is 9.59 Å². The highest BCUT2D eigenvalue weighted by molar-refractivity contribution is 6.42. The van der Waals surface area contributed by atoms with Crippen molar-refractivity contribution in [1.29, 1.82) is 0 Å². The molecule has 1 N–H and O–H groups in total. The van der Waals surface area contributed by atoms with Crippen molar-refractivity contribution in [3.05, 3.63) is 69.7 Å². The van der Waals surface area contributed by atoms with Crippen molar-refractivity contribution in [3.63, 3.8) is 0 Å². The molecule has 0 aliphatic rings. The first-order valence-corrected chi connectivity index (χ1v) is 15.5. The Hall–Kier alpha value is -1.84. The van der Waals surface area contributed by atoms with Gasteiger partial charge in [0.15, 0.2) is 0 Å². The quantitative estimate of drug-likeness (QED) is 0.287. The molecule has 0 radical (unpaired) electrons. The topological polar surface area (TPSA) is 46.2 Å². The predicted molar refractivity (Wildman–Crippen MR) is 173 cm³/mol. The van der Waals surface area contributed by atoms with Gasteiger partial charge in [-0.1, -0.05) is 140 Å². The molecule has 0 aromatic heterocycles. The van der Waals surface area contributed by atoms with E-state index >= 15 is 0 Å². The Morgan fingerprint density at radius 3 is 1.77 bits per heavy atom. The van der Waals surface area contributed by atoms with Gasteiger partial charge in [0.2, 0.25) is 5.91 Å². The molecule has 3 nitrogen and oxygen atoms in total. The summed E-state index contributed by atoms with van der Waals surface area (Å²) in [6.45, 7) is 20.0. The number of ketones is 1. The molecule has 0 fully saturated rings. The van der Waals surface area contributed by atoms with Gasteiger partial charge < -0.3 is 10.1 Å². The van der Waals surface area contributed by atoms with Crippen LogP contribution in [0.5, 0.6) is 0 Å².